The number of hydrogen-bond donors (Lipinski definition) is 1. The third kappa shape index (κ3) is 1.57. The van der Waals surface area contributed by atoms with E-state index < -0.39 is 0 Å². The molecule has 1 saturated heterocycles. The molecule has 3 rings (SSSR count). The zero-order valence-corrected chi connectivity index (χ0v) is 9.76. The summed E-state index contributed by atoms with van der Waals surface area (Å²) < 4.78 is 0. The molecule has 3 unspecified atom stereocenters. The minimum Gasteiger partial charge on any atom is -0.393 e. The lowest BCUT2D eigenvalue weighted by atomic mass is 9.82. The molecule has 1 aromatic carbocycles. The van der Waals surface area contributed by atoms with Crippen molar-refractivity contribution < 1.29 is 5.11 Å². The number of nitrogens with zero attached hydrogens (tertiary/aromatic N) is 1. The fourth-order valence-electron chi connectivity index (χ4n) is 3.15. The molecule has 16 heavy (non-hydrogen) atoms. The van der Waals surface area contributed by atoms with E-state index in [1.165, 1.54) is 11.1 Å². The van der Waals surface area contributed by atoms with E-state index >= 15 is 0 Å². The van der Waals surface area contributed by atoms with E-state index in [4.69, 9.17) is 0 Å². The molecule has 0 aliphatic carbocycles. The van der Waals surface area contributed by atoms with Crippen LogP contribution in [0.25, 0.3) is 0 Å². The van der Waals surface area contributed by atoms with Crippen LogP contribution in [0.15, 0.2) is 24.3 Å². The molecule has 3 atom stereocenters. The van der Waals surface area contributed by atoms with Gasteiger partial charge in [-0.1, -0.05) is 31.2 Å². The number of fused-ring (bicyclic) bond motifs is 3. The lowest BCUT2D eigenvalue weighted by Crippen LogP contribution is -2.47. The van der Waals surface area contributed by atoms with Crippen molar-refractivity contribution in [3.63, 3.8) is 0 Å². The van der Waals surface area contributed by atoms with Gasteiger partial charge in [0.05, 0.1) is 6.10 Å². The van der Waals surface area contributed by atoms with Crippen LogP contribution in [-0.4, -0.2) is 29.2 Å². The second kappa shape index (κ2) is 3.86. The number of hydrogen-bond acceptors (Lipinski definition) is 2. The van der Waals surface area contributed by atoms with Gasteiger partial charge >= 0.3 is 0 Å². The maximum absolute atomic E-state index is 10.0. The van der Waals surface area contributed by atoms with Crippen molar-refractivity contribution in [2.24, 2.45) is 5.92 Å². The number of rotatable bonds is 0. The minimum absolute atomic E-state index is 0.132. The first kappa shape index (κ1) is 10.3. The maximum Gasteiger partial charge on any atom is 0.0596 e. The molecule has 0 saturated carbocycles. The average molecular weight is 217 g/mol. The topological polar surface area (TPSA) is 23.5 Å². The number of aliphatic hydroxyl groups is 1. The summed E-state index contributed by atoms with van der Waals surface area (Å²) in [6.45, 7) is 4.35. The molecule has 1 N–H and O–H groups in total. The van der Waals surface area contributed by atoms with E-state index in [-0.39, 0.29) is 6.10 Å². The van der Waals surface area contributed by atoms with Crippen molar-refractivity contribution >= 4 is 0 Å². The van der Waals surface area contributed by atoms with Crippen LogP contribution in [0.5, 0.6) is 0 Å². The summed E-state index contributed by atoms with van der Waals surface area (Å²) in [6, 6.07) is 9.16. The van der Waals surface area contributed by atoms with Crippen LogP contribution in [-0.2, 0) is 6.42 Å². The molecular weight excluding hydrogens is 198 g/mol. The Labute approximate surface area is 96.9 Å². The molecule has 2 nitrogen and oxygen atoms in total. The SMILES string of the molecule is CC1CN2CCc3ccccc3C2CC1O. The van der Waals surface area contributed by atoms with Crippen molar-refractivity contribution in [2.45, 2.75) is 31.9 Å². The molecule has 2 heteroatoms. The van der Waals surface area contributed by atoms with Crippen LogP contribution in [0.1, 0.15) is 30.5 Å². The predicted molar refractivity (Wildman–Crippen MR) is 64.2 cm³/mol. The number of benzene rings is 1. The van der Waals surface area contributed by atoms with E-state index in [1.807, 2.05) is 0 Å². The summed E-state index contributed by atoms with van der Waals surface area (Å²) in [5.74, 6) is 0.418. The zero-order valence-electron chi connectivity index (χ0n) is 9.76. The molecule has 1 fully saturated rings. The standard InChI is InChI=1S/C14H19NO/c1-10-9-15-7-6-11-4-2-3-5-12(11)13(15)8-14(10)16/h2-5,10,13-14,16H,6-9H2,1H3. The highest BCUT2D eigenvalue weighted by Crippen LogP contribution is 2.37. The molecule has 0 amide bonds. The van der Waals surface area contributed by atoms with E-state index in [2.05, 4.69) is 36.1 Å². The number of aliphatic hydroxyl groups excluding tert-OH is 1. The Morgan fingerprint density at radius 1 is 1.31 bits per heavy atom. The molecule has 2 aliphatic heterocycles. The monoisotopic (exact) mass is 217 g/mol. The van der Waals surface area contributed by atoms with E-state index in [0.717, 1.165) is 25.9 Å². The molecule has 2 heterocycles. The van der Waals surface area contributed by atoms with Gasteiger partial charge in [-0.3, -0.25) is 4.90 Å². The average Bonchev–Trinajstić information content (AvgIpc) is 2.31. The van der Waals surface area contributed by atoms with Crippen molar-refractivity contribution in [3.8, 4) is 0 Å². The Kier molecular flexibility index (Phi) is 2.49. The summed E-state index contributed by atoms with van der Waals surface area (Å²) in [5.41, 5.74) is 2.92. The maximum atomic E-state index is 10.0. The largest absolute Gasteiger partial charge is 0.393 e. The van der Waals surface area contributed by atoms with Crippen LogP contribution < -0.4 is 0 Å². The molecule has 2 aliphatic rings. The van der Waals surface area contributed by atoms with Crippen molar-refractivity contribution in [3.05, 3.63) is 35.4 Å². The molecule has 0 aromatic heterocycles. The fraction of sp³-hybridized carbons (Fsp3) is 0.571. The second-order valence-corrected chi connectivity index (χ2v) is 5.24. The quantitative estimate of drug-likeness (QED) is 0.718. The van der Waals surface area contributed by atoms with E-state index in [1.54, 1.807) is 0 Å². The van der Waals surface area contributed by atoms with Crippen molar-refractivity contribution in [1.29, 1.82) is 0 Å². The van der Waals surface area contributed by atoms with Crippen LogP contribution in [0.3, 0.4) is 0 Å². The van der Waals surface area contributed by atoms with Gasteiger partial charge in [0.15, 0.2) is 0 Å². The first-order valence-electron chi connectivity index (χ1n) is 6.25. The van der Waals surface area contributed by atoms with Crippen LogP contribution in [0.4, 0.5) is 0 Å². The zero-order chi connectivity index (χ0) is 11.1. The van der Waals surface area contributed by atoms with Gasteiger partial charge in [-0.2, -0.15) is 0 Å². The van der Waals surface area contributed by atoms with Gasteiger partial charge in [0.2, 0.25) is 0 Å². The Balaban J connectivity index is 1.94. The second-order valence-electron chi connectivity index (χ2n) is 5.24. The molecule has 0 bridgehead atoms. The van der Waals surface area contributed by atoms with E-state index in [9.17, 15) is 5.11 Å². The highest BCUT2D eigenvalue weighted by molar-refractivity contribution is 5.33. The van der Waals surface area contributed by atoms with Gasteiger partial charge in [0, 0.05) is 19.1 Å². The predicted octanol–water partition coefficient (Wildman–Crippen LogP) is 1.99. The number of piperidine rings is 1. The molecule has 0 spiro atoms. The van der Waals surface area contributed by atoms with Gasteiger partial charge in [0.1, 0.15) is 0 Å². The lowest BCUT2D eigenvalue weighted by molar-refractivity contribution is -0.00483. The minimum atomic E-state index is -0.132. The normalized spacial score (nSPS) is 34.2. The van der Waals surface area contributed by atoms with Gasteiger partial charge < -0.3 is 5.11 Å². The Hall–Kier alpha value is -0.860. The third-order valence-corrected chi connectivity index (χ3v) is 4.17. The van der Waals surface area contributed by atoms with E-state index in [0.29, 0.717) is 12.0 Å². The van der Waals surface area contributed by atoms with Gasteiger partial charge in [0.25, 0.3) is 0 Å². The summed E-state index contributed by atoms with van der Waals surface area (Å²) in [5, 5.41) is 10.0. The lowest BCUT2D eigenvalue weighted by Gasteiger charge is -2.44. The summed E-state index contributed by atoms with van der Waals surface area (Å²) >= 11 is 0. The highest BCUT2D eigenvalue weighted by Gasteiger charge is 2.35. The molecular formula is C14H19NO. The van der Waals surface area contributed by atoms with Crippen LogP contribution in [0, 0.1) is 5.92 Å². The fourth-order valence-corrected chi connectivity index (χ4v) is 3.15. The smallest absolute Gasteiger partial charge is 0.0596 e. The Bertz CT molecular complexity index is 390. The molecule has 0 radical (unpaired) electrons. The van der Waals surface area contributed by atoms with Gasteiger partial charge in [-0.25, -0.2) is 0 Å². The summed E-state index contributed by atoms with van der Waals surface area (Å²) in [4.78, 5) is 2.54. The molecule has 1 aromatic rings. The third-order valence-electron chi connectivity index (χ3n) is 4.17. The summed E-state index contributed by atoms with van der Waals surface area (Å²) in [7, 11) is 0. The Morgan fingerprint density at radius 2 is 2.12 bits per heavy atom. The van der Waals surface area contributed by atoms with Crippen molar-refractivity contribution in [2.75, 3.05) is 13.1 Å². The van der Waals surface area contributed by atoms with Crippen LogP contribution in [0.2, 0.25) is 0 Å². The first-order valence-corrected chi connectivity index (χ1v) is 6.25. The highest BCUT2D eigenvalue weighted by atomic mass is 16.3. The van der Waals surface area contributed by atoms with Crippen LogP contribution >= 0.6 is 0 Å². The van der Waals surface area contributed by atoms with Gasteiger partial charge in [-0.15, -0.1) is 0 Å². The Morgan fingerprint density at radius 3 is 3.00 bits per heavy atom. The van der Waals surface area contributed by atoms with Crippen molar-refractivity contribution in [1.82, 2.24) is 4.90 Å². The van der Waals surface area contributed by atoms with Gasteiger partial charge in [-0.05, 0) is 29.9 Å². The first-order chi connectivity index (χ1) is 7.75. The molecule has 86 valence electrons. The summed E-state index contributed by atoms with van der Waals surface area (Å²) in [6.07, 6.45) is 1.93.